The maximum absolute atomic E-state index is 2.85. The molecule has 2 unspecified atom stereocenters. The smallest absolute Gasteiger partial charge is 0.0320 e. The second-order valence-electron chi connectivity index (χ2n) is 5.01. The molecule has 0 aliphatic carbocycles. The number of rotatable bonds is 6. The summed E-state index contributed by atoms with van der Waals surface area (Å²) in [6, 6.07) is 0.696. The molecule has 2 atom stereocenters. The zero-order valence-corrected chi connectivity index (χ0v) is 13.4. The third-order valence-corrected chi connectivity index (χ3v) is 4.37. The fraction of sp³-hybridized carbons (Fsp3) is 0.733. The molecule has 1 aliphatic heterocycles. The van der Waals surface area contributed by atoms with Crippen LogP contribution in [-0.2, 0) is 0 Å². The largest absolute Gasteiger partial charge is 0.369 e. The number of allylic oxidation sites excluding steroid dienone is 3. The fourth-order valence-electron chi connectivity index (χ4n) is 2.32. The molecule has 0 spiro atoms. The van der Waals surface area contributed by atoms with E-state index in [1.807, 2.05) is 0 Å². The van der Waals surface area contributed by atoms with E-state index in [-0.39, 0.29) is 0 Å². The molecule has 1 heterocycles. The van der Waals surface area contributed by atoms with Gasteiger partial charge >= 0.3 is 0 Å². The molecule has 0 bridgehead atoms. The van der Waals surface area contributed by atoms with Gasteiger partial charge in [-0.1, -0.05) is 25.5 Å². The van der Waals surface area contributed by atoms with Crippen LogP contribution in [0.25, 0.3) is 0 Å². The van der Waals surface area contributed by atoms with Crippen LogP contribution in [0.4, 0.5) is 0 Å². The Morgan fingerprint density at radius 2 is 1.94 bits per heavy atom. The van der Waals surface area contributed by atoms with E-state index in [1.54, 1.807) is 0 Å². The molecule has 2 nitrogen and oxygen atoms in total. The molecule has 0 aromatic carbocycles. The SMILES string of the molecule is CC=C(C=CCCC)N1CCN(C(C)CP)CC1. The van der Waals surface area contributed by atoms with Gasteiger partial charge in [0.15, 0.2) is 0 Å². The van der Waals surface area contributed by atoms with Crippen molar-refractivity contribution in [3.05, 3.63) is 23.9 Å². The van der Waals surface area contributed by atoms with E-state index in [4.69, 9.17) is 0 Å². The van der Waals surface area contributed by atoms with Crippen LogP contribution in [-0.4, -0.2) is 48.2 Å². The van der Waals surface area contributed by atoms with Gasteiger partial charge in [0.05, 0.1) is 0 Å². The molecule has 0 aromatic heterocycles. The van der Waals surface area contributed by atoms with Crippen LogP contribution in [0.15, 0.2) is 23.9 Å². The third-order valence-electron chi connectivity index (χ3n) is 3.68. The predicted molar refractivity (Wildman–Crippen MR) is 85.0 cm³/mol. The number of piperazine rings is 1. The molecular formula is C15H29N2P. The molecule has 18 heavy (non-hydrogen) atoms. The Bertz CT molecular complexity index is 278. The molecule has 0 saturated carbocycles. The quantitative estimate of drug-likeness (QED) is 0.539. The molecule has 104 valence electrons. The standard InChI is InChI=1S/C15H29N2P/c1-4-6-7-8-15(5-2)17-11-9-16(10-12-17)14(3)13-18/h5,7-8,14H,4,6,9-13,18H2,1-3H3. The summed E-state index contributed by atoms with van der Waals surface area (Å²) < 4.78 is 0. The zero-order chi connectivity index (χ0) is 13.4. The Morgan fingerprint density at radius 3 is 2.44 bits per heavy atom. The van der Waals surface area contributed by atoms with Crippen molar-refractivity contribution in [2.75, 3.05) is 32.3 Å². The van der Waals surface area contributed by atoms with Gasteiger partial charge in [-0.3, -0.25) is 4.90 Å². The van der Waals surface area contributed by atoms with Crippen LogP contribution in [0.3, 0.4) is 0 Å². The topological polar surface area (TPSA) is 6.48 Å². The van der Waals surface area contributed by atoms with E-state index in [1.165, 1.54) is 37.8 Å². The van der Waals surface area contributed by atoms with Crippen molar-refractivity contribution in [1.29, 1.82) is 0 Å². The normalized spacial score (nSPS) is 20.7. The minimum atomic E-state index is 0.696. The Morgan fingerprint density at radius 1 is 1.28 bits per heavy atom. The summed E-state index contributed by atoms with van der Waals surface area (Å²) in [5, 5.41) is 0. The first-order valence-electron chi connectivity index (χ1n) is 7.24. The van der Waals surface area contributed by atoms with Gasteiger partial charge < -0.3 is 4.90 Å². The van der Waals surface area contributed by atoms with Gasteiger partial charge in [0.25, 0.3) is 0 Å². The van der Waals surface area contributed by atoms with Crippen molar-refractivity contribution in [3.8, 4) is 0 Å². The highest BCUT2D eigenvalue weighted by molar-refractivity contribution is 7.16. The molecule has 3 heteroatoms. The summed E-state index contributed by atoms with van der Waals surface area (Å²) in [5.41, 5.74) is 1.39. The summed E-state index contributed by atoms with van der Waals surface area (Å²) in [7, 11) is 2.85. The van der Waals surface area contributed by atoms with Crippen molar-refractivity contribution >= 4 is 9.24 Å². The van der Waals surface area contributed by atoms with Crippen LogP contribution in [0.2, 0.25) is 0 Å². The number of unbranched alkanes of at least 4 members (excludes halogenated alkanes) is 1. The van der Waals surface area contributed by atoms with E-state index in [2.05, 4.69) is 58.0 Å². The molecule has 0 aromatic rings. The lowest BCUT2D eigenvalue weighted by molar-refractivity contribution is 0.134. The lowest BCUT2D eigenvalue weighted by Gasteiger charge is -2.39. The van der Waals surface area contributed by atoms with Gasteiger partial charge in [-0.2, -0.15) is 0 Å². The van der Waals surface area contributed by atoms with Gasteiger partial charge in [-0.05, 0) is 32.5 Å². The Balaban J connectivity index is 2.45. The zero-order valence-electron chi connectivity index (χ0n) is 12.2. The van der Waals surface area contributed by atoms with Gasteiger partial charge in [0, 0.05) is 37.9 Å². The minimum Gasteiger partial charge on any atom is -0.369 e. The summed E-state index contributed by atoms with van der Waals surface area (Å²) >= 11 is 0. The monoisotopic (exact) mass is 268 g/mol. The first-order valence-corrected chi connectivity index (χ1v) is 8.06. The summed E-state index contributed by atoms with van der Waals surface area (Å²) in [4.78, 5) is 5.10. The van der Waals surface area contributed by atoms with Crippen LogP contribution < -0.4 is 0 Å². The van der Waals surface area contributed by atoms with E-state index in [0.717, 1.165) is 13.1 Å². The highest BCUT2D eigenvalue weighted by Gasteiger charge is 2.20. The molecule has 0 radical (unpaired) electrons. The van der Waals surface area contributed by atoms with Crippen LogP contribution in [0.1, 0.15) is 33.6 Å². The van der Waals surface area contributed by atoms with E-state index in [9.17, 15) is 0 Å². The lowest BCUT2D eigenvalue weighted by atomic mass is 10.2. The van der Waals surface area contributed by atoms with Crippen LogP contribution in [0, 0.1) is 0 Å². The van der Waals surface area contributed by atoms with Gasteiger partial charge in [0.1, 0.15) is 0 Å². The van der Waals surface area contributed by atoms with Crippen molar-refractivity contribution in [2.45, 2.75) is 39.7 Å². The molecule has 1 saturated heterocycles. The molecule has 1 fully saturated rings. The lowest BCUT2D eigenvalue weighted by Crippen LogP contribution is -2.49. The van der Waals surface area contributed by atoms with Gasteiger partial charge in [0.2, 0.25) is 0 Å². The van der Waals surface area contributed by atoms with Crippen LogP contribution >= 0.6 is 9.24 Å². The summed E-state index contributed by atoms with van der Waals surface area (Å²) in [6.45, 7) is 11.4. The predicted octanol–water partition coefficient (Wildman–Crippen LogP) is 3.13. The summed E-state index contributed by atoms with van der Waals surface area (Å²) in [5.74, 6) is 0. The second-order valence-corrected chi connectivity index (χ2v) is 5.48. The first-order chi connectivity index (χ1) is 8.72. The van der Waals surface area contributed by atoms with E-state index in [0.29, 0.717) is 6.04 Å². The van der Waals surface area contributed by atoms with Crippen molar-refractivity contribution < 1.29 is 0 Å². The summed E-state index contributed by atoms with van der Waals surface area (Å²) in [6.07, 6.45) is 10.4. The number of hydrogen-bond donors (Lipinski definition) is 0. The average Bonchev–Trinajstić information content (AvgIpc) is 2.43. The first kappa shape index (κ1) is 15.7. The Hall–Kier alpha value is -0.330. The maximum Gasteiger partial charge on any atom is 0.0320 e. The third kappa shape index (κ3) is 4.74. The fourth-order valence-corrected chi connectivity index (χ4v) is 2.62. The maximum atomic E-state index is 2.85. The van der Waals surface area contributed by atoms with Crippen LogP contribution in [0.5, 0.6) is 0 Å². The minimum absolute atomic E-state index is 0.696. The molecular weight excluding hydrogens is 239 g/mol. The van der Waals surface area contributed by atoms with Crippen molar-refractivity contribution in [1.82, 2.24) is 9.80 Å². The molecule has 1 aliphatic rings. The molecule has 1 rings (SSSR count). The average molecular weight is 268 g/mol. The second kappa shape index (κ2) is 8.72. The Kier molecular flexibility index (Phi) is 7.62. The number of hydrogen-bond acceptors (Lipinski definition) is 2. The van der Waals surface area contributed by atoms with Gasteiger partial charge in [-0.15, -0.1) is 9.24 Å². The van der Waals surface area contributed by atoms with Gasteiger partial charge in [-0.25, -0.2) is 0 Å². The molecule has 0 amide bonds. The number of nitrogens with zero attached hydrogens (tertiary/aromatic N) is 2. The highest BCUT2D eigenvalue weighted by atomic mass is 31.0. The molecule has 0 N–H and O–H groups in total. The highest BCUT2D eigenvalue weighted by Crippen LogP contribution is 2.14. The van der Waals surface area contributed by atoms with E-state index < -0.39 is 0 Å². The van der Waals surface area contributed by atoms with Crippen molar-refractivity contribution in [2.24, 2.45) is 0 Å². The Labute approximate surface area is 115 Å². The van der Waals surface area contributed by atoms with Crippen molar-refractivity contribution in [3.63, 3.8) is 0 Å². The van der Waals surface area contributed by atoms with E-state index >= 15 is 0 Å².